The first-order chi connectivity index (χ1) is 7.54. The van der Waals surface area contributed by atoms with Gasteiger partial charge in [-0.05, 0) is 31.1 Å². The van der Waals surface area contributed by atoms with Crippen molar-refractivity contribution in [2.45, 2.75) is 76.3 Å². The van der Waals surface area contributed by atoms with E-state index in [4.69, 9.17) is 5.73 Å². The third-order valence-electron chi connectivity index (χ3n) is 3.98. The average molecular weight is 243 g/mol. The van der Waals surface area contributed by atoms with Crippen LogP contribution >= 0.6 is 11.8 Å². The fourth-order valence-electron chi connectivity index (χ4n) is 2.49. The third-order valence-corrected chi connectivity index (χ3v) is 5.84. The lowest BCUT2D eigenvalue weighted by atomic mass is 9.83. The Morgan fingerprint density at radius 3 is 2.50 bits per heavy atom. The van der Waals surface area contributed by atoms with Crippen molar-refractivity contribution >= 4 is 11.8 Å². The lowest BCUT2D eigenvalue weighted by Crippen LogP contribution is -2.39. The van der Waals surface area contributed by atoms with Crippen LogP contribution in [0.3, 0.4) is 0 Å². The number of hydrogen-bond acceptors (Lipinski definition) is 2. The van der Waals surface area contributed by atoms with Gasteiger partial charge in [-0.2, -0.15) is 11.8 Å². The van der Waals surface area contributed by atoms with Gasteiger partial charge >= 0.3 is 0 Å². The van der Waals surface area contributed by atoms with Gasteiger partial charge in [-0.1, -0.05) is 40.5 Å². The molecule has 2 N–H and O–H groups in total. The first-order valence-corrected chi connectivity index (χ1v) is 7.89. The zero-order chi connectivity index (χ0) is 12.1. The highest BCUT2D eigenvalue weighted by atomic mass is 32.2. The van der Waals surface area contributed by atoms with E-state index in [0.717, 1.165) is 17.1 Å². The van der Waals surface area contributed by atoms with E-state index in [-0.39, 0.29) is 0 Å². The largest absolute Gasteiger partial charge is 0.327 e. The van der Waals surface area contributed by atoms with Crippen molar-refractivity contribution in [3.63, 3.8) is 0 Å². The van der Waals surface area contributed by atoms with Gasteiger partial charge in [-0.15, -0.1) is 0 Å². The van der Waals surface area contributed by atoms with Crippen LogP contribution < -0.4 is 5.73 Å². The molecule has 0 aliphatic heterocycles. The molecule has 1 saturated carbocycles. The predicted molar refractivity (Wildman–Crippen MR) is 75.9 cm³/mol. The van der Waals surface area contributed by atoms with Gasteiger partial charge in [-0.3, -0.25) is 0 Å². The Hall–Kier alpha value is 0.310. The normalized spacial score (nSPS) is 33.0. The Morgan fingerprint density at radius 1 is 1.25 bits per heavy atom. The third kappa shape index (κ3) is 4.29. The van der Waals surface area contributed by atoms with Gasteiger partial charge in [0.1, 0.15) is 0 Å². The van der Waals surface area contributed by atoms with Gasteiger partial charge in [0.2, 0.25) is 0 Å². The van der Waals surface area contributed by atoms with Crippen molar-refractivity contribution in [2.24, 2.45) is 17.6 Å². The molecule has 2 heteroatoms. The maximum Gasteiger partial charge on any atom is 0.0204 e. The van der Waals surface area contributed by atoms with Gasteiger partial charge in [0.25, 0.3) is 0 Å². The van der Waals surface area contributed by atoms with Crippen LogP contribution in [0.2, 0.25) is 0 Å². The SMILES string of the molecule is CCCC1CCC(N)C(SC(C)C(C)C)C1. The van der Waals surface area contributed by atoms with Crippen LogP contribution in [0.25, 0.3) is 0 Å². The molecule has 16 heavy (non-hydrogen) atoms. The number of hydrogen-bond donors (Lipinski definition) is 1. The minimum atomic E-state index is 0.444. The topological polar surface area (TPSA) is 26.0 Å². The van der Waals surface area contributed by atoms with Crippen LogP contribution in [0.1, 0.15) is 59.8 Å². The van der Waals surface area contributed by atoms with Crippen LogP contribution in [0.5, 0.6) is 0 Å². The number of rotatable bonds is 5. The number of thioether (sulfide) groups is 1. The van der Waals surface area contributed by atoms with E-state index in [1.54, 1.807) is 0 Å². The molecule has 0 aromatic heterocycles. The first kappa shape index (κ1) is 14.4. The average Bonchev–Trinajstić information content (AvgIpc) is 2.23. The molecule has 0 amide bonds. The summed E-state index contributed by atoms with van der Waals surface area (Å²) in [5.74, 6) is 1.71. The summed E-state index contributed by atoms with van der Waals surface area (Å²) in [6.07, 6.45) is 6.70. The molecular formula is C14H29NS. The molecule has 1 rings (SSSR count). The van der Waals surface area contributed by atoms with Gasteiger partial charge in [-0.25, -0.2) is 0 Å². The van der Waals surface area contributed by atoms with Crippen molar-refractivity contribution in [3.8, 4) is 0 Å². The minimum absolute atomic E-state index is 0.444. The van der Waals surface area contributed by atoms with E-state index in [1.165, 1.54) is 32.1 Å². The highest BCUT2D eigenvalue weighted by Crippen LogP contribution is 2.37. The molecule has 0 aromatic carbocycles. The zero-order valence-corrected chi connectivity index (χ0v) is 12.2. The van der Waals surface area contributed by atoms with E-state index < -0.39 is 0 Å². The van der Waals surface area contributed by atoms with Crippen molar-refractivity contribution in [3.05, 3.63) is 0 Å². The first-order valence-electron chi connectivity index (χ1n) is 6.95. The fourth-order valence-corrected chi connectivity index (χ4v) is 4.08. The standard InChI is InChI=1S/C14H29NS/c1-5-6-12-7-8-13(15)14(9-12)16-11(4)10(2)3/h10-14H,5-9,15H2,1-4H3. The molecular weight excluding hydrogens is 214 g/mol. The summed E-state index contributed by atoms with van der Waals surface area (Å²) in [4.78, 5) is 0. The molecule has 1 aliphatic carbocycles. The van der Waals surface area contributed by atoms with E-state index in [0.29, 0.717) is 11.3 Å². The highest BCUT2D eigenvalue weighted by Gasteiger charge is 2.29. The second-order valence-electron chi connectivity index (χ2n) is 5.76. The molecule has 0 radical (unpaired) electrons. The lowest BCUT2D eigenvalue weighted by Gasteiger charge is -2.35. The fraction of sp³-hybridized carbons (Fsp3) is 1.00. The molecule has 0 spiro atoms. The second kappa shape index (κ2) is 6.90. The van der Waals surface area contributed by atoms with E-state index >= 15 is 0 Å². The van der Waals surface area contributed by atoms with Crippen molar-refractivity contribution in [1.82, 2.24) is 0 Å². The van der Waals surface area contributed by atoms with Crippen molar-refractivity contribution in [1.29, 1.82) is 0 Å². The summed E-state index contributed by atoms with van der Waals surface area (Å²) < 4.78 is 0. The smallest absolute Gasteiger partial charge is 0.0204 e. The summed E-state index contributed by atoms with van der Waals surface area (Å²) in [5.41, 5.74) is 6.26. The molecule has 1 fully saturated rings. The zero-order valence-electron chi connectivity index (χ0n) is 11.4. The van der Waals surface area contributed by atoms with Crippen LogP contribution in [0.15, 0.2) is 0 Å². The van der Waals surface area contributed by atoms with Crippen LogP contribution in [-0.2, 0) is 0 Å². The maximum atomic E-state index is 6.26. The second-order valence-corrected chi connectivity index (χ2v) is 7.38. The van der Waals surface area contributed by atoms with E-state index in [9.17, 15) is 0 Å². The van der Waals surface area contributed by atoms with E-state index in [1.807, 2.05) is 0 Å². The molecule has 0 aromatic rings. The van der Waals surface area contributed by atoms with Gasteiger partial charge in [0.05, 0.1) is 0 Å². The van der Waals surface area contributed by atoms with Gasteiger partial charge < -0.3 is 5.73 Å². The summed E-state index contributed by atoms with van der Waals surface area (Å²) in [5, 5.41) is 1.46. The molecule has 1 nitrogen and oxygen atoms in total. The summed E-state index contributed by atoms with van der Waals surface area (Å²) >= 11 is 2.14. The Morgan fingerprint density at radius 2 is 1.94 bits per heavy atom. The molecule has 0 heterocycles. The van der Waals surface area contributed by atoms with Crippen molar-refractivity contribution in [2.75, 3.05) is 0 Å². The highest BCUT2D eigenvalue weighted by molar-refractivity contribution is 8.00. The van der Waals surface area contributed by atoms with Gasteiger partial charge in [0.15, 0.2) is 0 Å². The van der Waals surface area contributed by atoms with Crippen molar-refractivity contribution < 1.29 is 0 Å². The quantitative estimate of drug-likeness (QED) is 0.788. The molecule has 96 valence electrons. The Balaban J connectivity index is 2.43. The molecule has 0 bridgehead atoms. The Kier molecular flexibility index (Phi) is 6.20. The van der Waals surface area contributed by atoms with Gasteiger partial charge in [0, 0.05) is 16.5 Å². The number of nitrogens with two attached hydrogens (primary N) is 1. The predicted octanol–water partition coefficient (Wildman–Crippen LogP) is 4.06. The monoisotopic (exact) mass is 243 g/mol. The summed E-state index contributed by atoms with van der Waals surface area (Å²) in [7, 11) is 0. The Bertz CT molecular complexity index is 193. The summed E-state index contributed by atoms with van der Waals surface area (Å²) in [6.45, 7) is 9.28. The molecule has 0 saturated heterocycles. The maximum absolute atomic E-state index is 6.26. The summed E-state index contributed by atoms with van der Waals surface area (Å²) in [6, 6.07) is 0.444. The molecule has 1 aliphatic rings. The lowest BCUT2D eigenvalue weighted by molar-refractivity contribution is 0.316. The Labute approximate surface area is 106 Å². The molecule has 4 atom stereocenters. The molecule has 4 unspecified atom stereocenters. The van der Waals surface area contributed by atoms with Crippen LogP contribution in [-0.4, -0.2) is 16.5 Å². The van der Waals surface area contributed by atoms with Crippen LogP contribution in [0.4, 0.5) is 0 Å². The van der Waals surface area contributed by atoms with E-state index in [2.05, 4.69) is 39.5 Å². The minimum Gasteiger partial charge on any atom is -0.327 e. The van der Waals surface area contributed by atoms with Crippen LogP contribution in [0, 0.1) is 11.8 Å².